The molecule has 1 aromatic heterocycles. The Labute approximate surface area is 145 Å². The van der Waals surface area contributed by atoms with Gasteiger partial charge in [0.2, 0.25) is 0 Å². The molecular weight excluding hydrogens is 318 g/mol. The van der Waals surface area contributed by atoms with E-state index >= 15 is 0 Å². The van der Waals surface area contributed by atoms with Crippen LogP contribution in [0, 0.1) is 0 Å². The van der Waals surface area contributed by atoms with Crippen LogP contribution in [0.1, 0.15) is 15.9 Å². The van der Waals surface area contributed by atoms with Crippen LogP contribution in [0.15, 0.2) is 61.2 Å². The minimum atomic E-state index is -0.181. The minimum Gasteiger partial charge on any atom is -0.486 e. The quantitative estimate of drug-likeness (QED) is 0.796. The number of aromatic nitrogens is 2. The first-order chi connectivity index (χ1) is 12.3. The van der Waals surface area contributed by atoms with Gasteiger partial charge in [-0.1, -0.05) is 12.1 Å². The van der Waals surface area contributed by atoms with Crippen LogP contribution in [0.3, 0.4) is 0 Å². The van der Waals surface area contributed by atoms with Crippen molar-refractivity contribution in [2.45, 2.75) is 6.54 Å². The molecule has 3 aromatic rings. The van der Waals surface area contributed by atoms with Gasteiger partial charge >= 0.3 is 0 Å². The molecule has 2 heterocycles. The van der Waals surface area contributed by atoms with E-state index in [1.165, 1.54) is 0 Å². The third-order valence-electron chi connectivity index (χ3n) is 3.94. The smallest absolute Gasteiger partial charge is 0.255 e. The SMILES string of the molecule is O=C(Nc1ccc(Cn2ccnc2)cc1)c1ccc2c(c1)OCCO2. The minimum absolute atomic E-state index is 0.181. The predicted molar refractivity (Wildman–Crippen MR) is 93.2 cm³/mol. The Bertz CT molecular complexity index is 873. The third kappa shape index (κ3) is 3.47. The van der Waals surface area contributed by atoms with E-state index < -0.39 is 0 Å². The number of nitrogens with zero attached hydrogens (tertiary/aromatic N) is 2. The standard InChI is InChI=1S/C19H17N3O3/c23-19(15-3-6-17-18(11-15)25-10-9-24-17)21-16-4-1-14(2-5-16)12-22-8-7-20-13-22/h1-8,11,13H,9-10,12H2,(H,21,23). The summed E-state index contributed by atoms with van der Waals surface area (Å²) in [5, 5.41) is 2.90. The van der Waals surface area contributed by atoms with E-state index in [4.69, 9.17) is 9.47 Å². The Morgan fingerprint density at radius 3 is 2.64 bits per heavy atom. The van der Waals surface area contributed by atoms with Crippen LogP contribution in [0.5, 0.6) is 11.5 Å². The van der Waals surface area contributed by atoms with Crippen LogP contribution < -0.4 is 14.8 Å². The molecule has 0 saturated carbocycles. The lowest BCUT2D eigenvalue weighted by molar-refractivity contribution is 0.102. The molecule has 6 nitrogen and oxygen atoms in total. The summed E-state index contributed by atoms with van der Waals surface area (Å²) >= 11 is 0. The van der Waals surface area contributed by atoms with Crippen molar-refractivity contribution in [2.24, 2.45) is 0 Å². The van der Waals surface area contributed by atoms with Gasteiger partial charge in [0.15, 0.2) is 11.5 Å². The highest BCUT2D eigenvalue weighted by molar-refractivity contribution is 6.04. The molecule has 2 aromatic carbocycles. The van der Waals surface area contributed by atoms with Gasteiger partial charge in [-0.05, 0) is 35.9 Å². The molecule has 0 saturated heterocycles. The lowest BCUT2D eigenvalue weighted by Gasteiger charge is -2.18. The fraction of sp³-hybridized carbons (Fsp3) is 0.158. The molecule has 6 heteroatoms. The molecule has 0 radical (unpaired) electrons. The summed E-state index contributed by atoms with van der Waals surface area (Å²) in [6, 6.07) is 13.0. The number of benzene rings is 2. The van der Waals surface area contributed by atoms with Gasteiger partial charge in [0.25, 0.3) is 5.91 Å². The first kappa shape index (κ1) is 15.3. The van der Waals surface area contributed by atoms with Gasteiger partial charge in [-0.2, -0.15) is 0 Å². The van der Waals surface area contributed by atoms with Gasteiger partial charge in [-0.25, -0.2) is 4.98 Å². The number of imidazole rings is 1. The Balaban J connectivity index is 1.43. The van der Waals surface area contributed by atoms with E-state index in [1.54, 1.807) is 30.7 Å². The summed E-state index contributed by atoms with van der Waals surface area (Å²) in [7, 11) is 0. The maximum absolute atomic E-state index is 12.4. The zero-order valence-electron chi connectivity index (χ0n) is 13.5. The Hall–Kier alpha value is -3.28. The van der Waals surface area contributed by atoms with Crippen LogP contribution in [-0.4, -0.2) is 28.7 Å². The zero-order valence-corrected chi connectivity index (χ0v) is 13.5. The molecule has 0 unspecified atom stereocenters. The molecule has 1 aliphatic heterocycles. The molecule has 4 rings (SSSR count). The lowest BCUT2D eigenvalue weighted by atomic mass is 10.1. The van der Waals surface area contributed by atoms with E-state index in [0.29, 0.717) is 30.3 Å². The number of anilines is 1. The third-order valence-corrected chi connectivity index (χ3v) is 3.94. The summed E-state index contributed by atoms with van der Waals surface area (Å²) in [5.74, 6) is 1.10. The fourth-order valence-corrected chi connectivity index (χ4v) is 2.67. The highest BCUT2D eigenvalue weighted by Crippen LogP contribution is 2.31. The molecule has 25 heavy (non-hydrogen) atoms. The highest BCUT2D eigenvalue weighted by atomic mass is 16.6. The van der Waals surface area contributed by atoms with E-state index in [0.717, 1.165) is 17.8 Å². The fourth-order valence-electron chi connectivity index (χ4n) is 2.67. The molecular formula is C19H17N3O3. The summed E-state index contributed by atoms with van der Waals surface area (Å²) in [6.45, 7) is 1.77. The van der Waals surface area contributed by atoms with Gasteiger partial charge < -0.3 is 19.4 Å². The van der Waals surface area contributed by atoms with Crippen molar-refractivity contribution in [3.63, 3.8) is 0 Å². The van der Waals surface area contributed by atoms with Gasteiger partial charge in [0.1, 0.15) is 13.2 Å². The topological polar surface area (TPSA) is 65.4 Å². The number of nitrogens with one attached hydrogen (secondary N) is 1. The predicted octanol–water partition coefficient (Wildman–Crippen LogP) is 2.95. The summed E-state index contributed by atoms with van der Waals surface area (Å²) < 4.78 is 13.0. The van der Waals surface area contributed by atoms with Gasteiger partial charge in [-0.3, -0.25) is 4.79 Å². The number of carbonyl (C=O) groups is 1. The van der Waals surface area contributed by atoms with Crippen molar-refractivity contribution in [1.29, 1.82) is 0 Å². The highest BCUT2D eigenvalue weighted by Gasteiger charge is 2.15. The van der Waals surface area contributed by atoms with Crippen LogP contribution in [-0.2, 0) is 6.54 Å². The first-order valence-corrected chi connectivity index (χ1v) is 8.04. The van der Waals surface area contributed by atoms with Crippen molar-refractivity contribution in [3.05, 3.63) is 72.3 Å². The van der Waals surface area contributed by atoms with Crippen LogP contribution >= 0.6 is 0 Å². The number of amides is 1. The normalized spacial score (nSPS) is 12.6. The summed E-state index contributed by atoms with van der Waals surface area (Å²) in [5.41, 5.74) is 2.41. The van der Waals surface area contributed by atoms with E-state index in [2.05, 4.69) is 10.3 Å². The molecule has 126 valence electrons. The Kier molecular flexibility index (Phi) is 4.08. The maximum Gasteiger partial charge on any atom is 0.255 e. The van der Waals surface area contributed by atoms with Crippen molar-refractivity contribution in [3.8, 4) is 11.5 Å². The van der Waals surface area contributed by atoms with Crippen molar-refractivity contribution in [1.82, 2.24) is 9.55 Å². The molecule has 0 spiro atoms. The van der Waals surface area contributed by atoms with Gasteiger partial charge in [0.05, 0.1) is 6.33 Å². The van der Waals surface area contributed by atoms with Crippen LogP contribution in [0.25, 0.3) is 0 Å². The lowest BCUT2D eigenvalue weighted by Crippen LogP contribution is -2.17. The van der Waals surface area contributed by atoms with Gasteiger partial charge in [0, 0.05) is 30.2 Å². The van der Waals surface area contributed by atoms with E-state index in [9.17, 15) is 4.79 Å². The molecule has 1 N–H and O–H groups in total. The maximum atomic E-state index is 12.4. The van der Waals surface area contributed by atoms with E-state index in [-0.39, 0.29) is 5.91 Å². The van der Waals surface area contributed by atoms with Crippen LogP contribution in [0.4, 0.5) is 5.69 Å². The van der Waals surface area contributed by atoms with Crippen LogP contribution in [0.2, 0.25) is 0 Å². The second kappa shape index (κ2) is 6.68. The monoisotopic (exact) mass is 335 g/mol. The number of ether oxygens (including phenoxy) is 2. The molecule has 0 fully saturated rings. The number of hydrogen-bond acceptors (Lipinski definition) is 4. The second-order valence-electron chi connectivity index (χ2n) is 5.74. The zero-order chi connectivity index (χ0) is 17.1. The number of fused-ring (bicyclic) bond motifs is 1. The number of hydrogen-bond donors (Lipinski definition) is 1. The molecule has 1 aliphatic rings. The second-order valence-corrected chi connectivity index (χ2v) is 5.74. The first-order valence-electron chi connectivity index (χ1n) is 8.04. The average molecular weight is 335 g/mol. The molecule has 0 aliphatic carbocycles. The average Bonchev–Trinajstić information content (AvgIpc) is 3.16. The Morgan fingerprint density at radius 1 is 1.08 bits per heavy atom. The van der Waals surface area contributed by atoms with Gasteiger partial charge in [-0.15, -0.1) is 0 Å². The number of rotatable bonds is 4. The molecule has 0 bridgehead atoms. The Morgan fingerprint density at radius 2 is 1.88 bits per heavy atom. The van der Waals surface area contributed by atoms with Crippen molar-refractivity contribution in [2.75, 3.05) is 18.5 Å². The van der Waals surface area contributed by atoms with Crippen molar-refractivity contribution < 1.29 is 14.3 Å². The largest absolute Gasteiger partial charge is 0.486 e. The molecule has 0 atom stereocenters. The molecule has 1 amide bonds. The number of carbonyl (C=O) groups excluding carboxylic acids is 1. The summed E-state index contributed by atoms with van der Waals surface area (Å²) in [4.78, 5) is 16.4. The van der Waals surface area contributed by atoms with Crippen molar-refractivity contribution >= 4 is 11.6 Å². The van der Waals surface area contributed by atoms with E-state index in [1.807, 2.05) is 35.0 Å². The summed E-state index contributed by atoms with van der Waals surface area (Å²) in [6.07, 6.45) is 5.44.